The Labute approximate surface area is 63.8 Å². The summed E-state index contributed by atoms with van der Waals surface area (Å²) in [7, 11) is -0.362. The zero-order valence-corrected chi connectivity index (χ0v) is 6.12. The first-order valence-corrected chi connectivity index (χ1v) is 3.31. The van der Waals surface area contributed by atoms with E-state index in [9.17, 15) is 4.57 Å². The van der Waals surface area contributed by atoms with Crippen molar-refractivity contribution in [1.29, 1.82) is 10.5 Å². The Balaban J connectivity index is 3.37. The highest BCUT2D eigenvalue weighted by molar-refractivity contribution is 7.21. The number of aromatic nitrogens is 2. The Kier molecular flexibility index (Phi) is 1.96. The maximum Gasteiger partial charge on any atom is 0.288 e. The van der Waals surface area contributed by atoms with Crippen LogP contribution in [0, 0.1) is 22.7 Å². The van der Waals surface area contributed by atoms with Gasteiger partial charge in [0, 0.05) is 0 Å². The summed E-state index contributed by atoms with van der Waals surface area (Å²) in [4.78, 5) is 3.55. The zero-order chi connectivity index (χ0) is 8.27. The molecule has 52 valence electrons. The second-order valence-corrected chi connectivity index (χ2v) is 2.19. The second kappa shape index (κ2) is 2.92. The van der Waals surface area contributed by atoms with E-state index in [0.717, 1.165) is 4.34 Å². The van der Waals surface area contributed by atoms with Gasteiger partial charge in [0.25, 0.3) is 8.61 Å². The monoisotopic (exact) mass is 164 g/mol. The fourth-order valence-corrected chi connectivity index (χ4v) is 0.903. The van der Waals surface area contributed by atoms with Gasteiger partial charge in [0.05, 0.1) is 0 Å². The largest absolute Gasteiger partial charge is 0.288 e. The van der Waals surface area contributed by atoms with Gasteiger partial charge in [0.1, 0.15) is 18.5 Å². The fourth-order valence-electron chi connectivity index (χ4n) is 0.588. The Morgan fingerprint density at radius 3 is 2.73 bits per heavy atom. The molecule has 6 heteroatoms. The van der Waals surface area contributed by atoms with Gasteiger partial charge in [-0.2, -0.15) is 10.5 Å². The van der Waals surface area contributed by atoms with Crippen LogP contribution in [0.2, 0.25) is 0 Å². The molecule has 0 N–H and O–H groups in total. The predicted molar refractivity (Wildman–Crippen MR) is 34.7 cm³/mol. The smallest absolute Gasteiger partial charge is 0.248 e. The van der Waals surface area contributed by atoms with E-state index >= 15 is 0 Å². The van der Waals surface area contributed by atoms with Crippen LogP contribution in [0.4, 0.5) is 0 Å². The van der Waals surface area contributed by atoms with Crippen molar-refractivity contribution in [3.63, 3.8) is 0 Å². The topological polar surface area (TPSA) is 82.5 Å². The third-order valence-electron chi connectivity index (χ3n) is 1.05. The SMILES string of the molecule is N#Cc1ncn(P=O)c1C#N. The van der Waals surface area contributed by atoms with Gasteiger partial charge in [-0.1, -0.05) is 0 Å². The average Bonchev–Trinajstić information content (AvgIpc) is 2.45. The molecule has 0 radical (unpaired) electrons. The van der Waals surface area contributed by atoms with Crippen LogP contribution in [0.1, 0.15) is 11.4 Å². The molecular weight excluding hydrogens is 163 g/mol. The van der Waals surface area contributed by atoms with Crippen molar-refractivity contribution in [1.82, 2.24) is 9.32 Å². The van der Waals surface area contributed by atoms with Gasteiger partial charge in [-0.15, -0.1) is 0 Å². The maximum atomic E-state index is 10.3. The molecule has 0 aliphatic rings. The zero-order valence-electron chi connectivity index (χ0n) is 5.22. The molecule has 0 spiro atoms. The number of nitriles is 2. The summed E-state index contributed by atoms with van der Waals surface area (Å²) in [6, 6.07) is 3.42. The predicted octanol–water partition coefficient (Wildman–Crippen LogP) is 0.681. The highest BCUT2D eigenvalue weighted by Crippen LogP contribution is 2.10. The maximum absolute atomic E-state index is 10.3. The summed E-state index contributed by atoms with van der Waals surface area (Å²) < 4.78 is 11.3. The molecule has 0 bridgehead atoms. The summed E-state index contributed by atoms with van der Waals surface area (Å²) in [6.07, 6.45) is 1.17. The molecule has 0 amide bonds. The lowest BCUT2D eigenvalue weighted by molar-refractivity contribution is 0.594. The minimum atomic E-state index is -0.362. The number of imidazole rings is 1. The van der Waals surface area contributed by atoms with Crippen LogP contribution in [0.3, 0.4) is 0 Å². The van der Waals surface area contributed by atoms with Crippen molar-refractivity contribution in [3.05, 3.63) is 17.7 Å². The summed E-state index contributed by atoms with van der Waals surface area (Å²) in [6.45, 7) is 0. The van der Waals surface area contributed by atoms with E-state index in [4.69, 9.17) is 10.5 Å². The lowest BCUT2D eigenvalue weighted by atomic mass is 10.4. The summed E-state index contributed by atoms with van der Waals surface area (Å²) in [5.41, 5.74) is 0.0139. The van der Waals surface area contributed by atoms with Crippen LogP contribution in [0.15, 0.2) is 6.33 Å². The molecular formula is C5HN4OP. The summed E-state index contributed by atoms with van der Waals surface area (Å²) >= 11 is 0. The van der Waals surface area contributed by atoms with Gasteiger partial charge in [-0.25, -0.2) is 13.9 Å². The van der Waals surface area contributed by atoms with E-state index in [1.54, 1.807) is 12.1 Å². The van der Waals surface area contributed by atoms with Crippen LogP contribution < -0.4 is 0 Å². The average molecular weight is 164 g/mol. The lowest BCUT2D eigenvalue weighted by Gasteiger charge is -1.83. The molecule has 1 aromatic heterocycles. The molecule has 5 nitrogen and oxygen atoms in total. The molecule has 0 saturated carbocycles. The summed E-state index contributed by atoms with van der Waals surface area (Å²) in [5, 5.41) is 16.8. The van der Waals surface area contributed by atoms with Gasteiger partial charge in [-0.3, -0.25) is 0 Å². The Morgan fingerprint density at radius 2 is 2.27 bits per heavy atom. The fraction of sp³-hybridized carbons (Fsp3) is 0. The minimum absolute atomic E-state index is 0.00384. The van der Waals surface area contributed by atoms with E-state index in [0.29, 0.717) is 0 Å². The van der Waals surface area contributed by atoms with E-state index in [-0.39, 0.29) is 20.0 Å². The second-order valence-electron chi connectivity index (χ2n) is 1.59. The lowest BCUT2D eigenvalue weighted by Crippen LogP contribution is -1.84. The third kappa shape index (κ3) is 1.10. The van der Waals surface area contributed by atoms with E-state index < -0.39 is 0 Å². The summed E-state index contributed by atoms with van der Waals surface area (Å²) in [5.74, 6) is 0. The molecule has 0 aromatic carbocycles. The third-order valence-corrected chi connectivity index (χ3v) is 1.53. The van der Waals surface area contributed by atoms with Crippen molar-refractivity contribution in [2.75, 3.05) is 0 Å². The normalized spacial score (nSPS) is 8.91. The molecule has 1 rings (SSSR count). The van der Waals surface area contributed by atoms with Crippen LogP contribution in [-0.4, -0.2) is 9.32 Å². The van der Waals surface area contributed by atoms with Crippen LogP contribution in [0.5, 0.6) is 0 Å². The first-order chi connectivity index (χ1) is 5.33. The molecule has 1 heterocycles. The van der Waals surface area contributed by atoms with E-state index in [2.05, 4.69) is 4.98 Å². The first-order valence-electron chi connectivity index (χ1n) is 2.54. The van der Waals surface area contributed by atoms with E-state index in [1.165, 1.54) is 6.33 Å². The molecule has 0 atom stereocenters. The minimum Gasteiger partial charge on any atom is -0.248 e. The molecule has 1 aromatic rings. The molecule has 0 aliphatic carbocycles. The Hall–Kier alpha value is -1.71. The van der Waals surface area contributed by atoms with Gasteiger partial charge < -0.3 is 0 Å². The van der Waals surface area contributed by atoms with Crippen molar-refractivity contribution in [2.24, 2.45) is 0 Å². The standard InChI is InChI=1S/C5HN4OP/c6-1-4-5(2-7)9(11-10)3-8-4/h3H. The highest BCUT2D eigenvalue weighted by Gasteiger charge is 2.08. The molecule has 0 saturated heterocycles. The van der Waals surface area contributed by atoms with Crippen LogP contribution in [0.25, 0.3) is 0 Å². The quantitative estimate of drug-likeness (QED) is 0.571. The van der Waals surface area contributed by atoms with Crippen molar-refractivity contribution < 1.29 is 4.57 Å². The Bertz CT molecular complexity index is 369. The molecule has 0 aliphatic heterocycles. The van der Waals surface area contributed by atoms with Crippen molar-refractivity contribution in [2.45, 2.75) is 0 Å². The number of rotatable bonds is 1. The van der Waals surface area contributed by atoms with Gasteiger partial charge in [-0.05, 0) is 0 Å². The van der Waals surface area contributed by atoms with E-state index in [1.807, 2.05) is 0 Å². The Morgan fingerprint density at radius 1 is 1.55 bits per heavy atom. The molecule has 0 unspecified atom stereocenters. The van der Waals surface area contributed by atoms with Gasteiger partial charge in [0.15, 0.2) is 11.4 Å². The number of nitrogens with zero attached hydrogens (tertiary/aromatic N) is 4. The number of hydrogen-bond acceptors (Lipinski definition) is 4. The van der Waals surface area contributed by atoms with Crippen molar-refractivity contribution in [3.8, 4) is 12.1 Å². The molecule has 11 heavy (non-hydrogen) atoms. The van der Waals surface area contributed by atoms with Crippen LogP contribution in [-0.2, 0) is 4.57 Å². The van der Waals surface area contributed by atoms with Gasteiger partial charge >= 0.3 is 0 Å². The first kappa shape index (κ1) is 7.40. The van der Waals surface area contributed by atoms with Gasteiger partial charge in [0.2, 0.25) is 0 Å². The van der Waals surface area contributed by atoms with Crippen LogP contribution >= 0.6 is 8.61 Å². The van der Waals surface area contributed by atoms with Crippen molar-refractivity contribution >= 4 is 8.61 Å². The molecule has 0 fully saturated rings. The highest BCUT2D eigenvalue weighted by atomic mass is 31.1. The number of hydrogen-bond donors (Lipinski definition) is 0.